The van der Waals surface area contributed by atoms with Gasteiger partial charge in [0.25, 0.3) is 5.56 Å². The highest BCUT2D eigenvalue weighted by molar-refractivity contribution is 5.88. The number of carbonyl (C=O) groups excluding carboxylic acids is 1. The number of hydrogen-bond acceptors (Lipinski definition) is 3. The maximum Gasteiger partial charge on any atom is 0.341 e. The lowest BCUT2D eigenvalue weighted by Crippen LogP contribution is -2.49. The zero-order valence-electron chi connectivity index (χ0n) is 14.6. The molecule has 0 bridgehead atoms. The fourth-order valence-corrected chi connectivity index (χ4v) is 3.81. The van der Waals surface area contributed by atoms with E-state index >= 15 is 0 Å². The van der Waals surface area contributed by atoms with Gasteiger partial charge in [-0.2, -0.15) is 0 Å². The molecule has 3 rings (SSSR count). The zero-order valence-corrected chi connectivity index (χ0v) is 14.6. The van der Waals surface area contributed by atoms with Gasteiger partial charge in [-0.15, -0.1) is 0 Å². The number of hydrogen-bond donors (Lipinski definition) is 1. The number of pyridine rings is 1. The zero-order chi connectivity index (χ0) is 18.0. The van der Waals surface area contributed by atoms with Crippen LogP contribution in [0.1, 0.15) is 54.1 Å². The Balaban J connectivity index is 1.68. The van der Waals surface area contributed by atoms with Crippen LogP contribution >= 0.6 is 0 Å². The molecule has 25 heavy (non-hydrogen) atoms. The minimum absolute atomic E-state index is 0.0587. The molecule has 7 heteroatoms. The normalized spacial score (nSPS) is 19.1. The Bertz CT molecular complexity index is 714. The van der Waals surface area contributed by atoms with E-state index in [1.165, 1.54) is 11.0 Å². The van der Waals surface area contributed by atoms with Crippen molar-refractivity contribution in [3.05, 3.63) is 33.7 Å². The monoisotopic (exact) mass is 347 g/mol. The Kier molecular flexibility index (Phi) is 5.11. The summed E-state index contributed by atoms with van der Waals surface area (Å²) < 4.78 is 1.53. The molecular weight excluding hydrogens is 322 g/mol. The number of carboxylic acid groups (broad SMARTS) is 1. The molecule has 2 amide bonds. The molecule has 7 nitrogen and oxygen atoms in total. The second-order valence-corrected chi connectivity index (χ2v) is 6.94. The van der Waals surface area contributed by atoms with Gasteiger partial charge >= 0.3 is 12.0 Å². The molecule has 2 aliphatic rings. The number of aryl methyl sites for hydroxylation is 1. The molecule has 136 valence electrons. The molecule has 0 radical (unpaired) electrons. The molecule has 1 aromatic heterocycles. The first kappa shape index (κ1) is 17.5. The first-order chi connectivity index (χ1) is 12.0. The average molecular weight is 347 g/mol. The van der Waals surface area contributed by atoms with Crippen molar-refractivity contribution in [3.63, 3.8) is 0 Å². The van der Waals surface area contributed by atoms with E-state index in [1.807, 2.05) is 9.80 Å². The Morgan fingerprint density at radius 3 is 2.24 bits per heavy atom. The third kappa shape index (κ3) is 3.55. The summed E-state index contributed by atoms with van der Waals surface area (Å²) >= 11 is 0. The van der Waals surface area contributed by atoms with Crippen molar-refractivity contribution < 1.29 is 14.7 Å². The first-order valence-electron chi connectivity index (χ1n) is 8.98. The van der Waals surface area contributed by atoms with Gasteiger partial charge in [0, 0.05) is 38.4 Å². The Hall–Kier alpha value is -2.31. The number of amides is 2. The smallest absolute Gasteiger partial charge is 0.341 e. The van der Waals surface area contributed by atoms with Crippen LogP contribution in [0.25, 0.3) is 0 Å². The SMILES string of the molecule is Cc1ccn(C2CCN(C(=O)N3CCCCC3)CC2)c(=O)c1C(=O)O. The number of aromatic nitrogens is 1. The maximum absolute atomic E-state index is 12.6. The van der Waals surface area contributed by atoms with E-state index in [0.29, 0.717) is 31.5 Å². The summed E-state index contributed by atoms with van der Waals surface area (Å²) in [6.07, 6.45) is 6.34. The van der Waals surface area contributed by atoms with Crippen LogP contribution in [0.15, 0.2) is 17.1 Å². The van der Waals surface area contributed by atoms with E-state index in [4.69, 9.17) is 0 Å². The van der Waals surface area contributed by atoms with Crippen LogP contribution in [0.2, 0.25) is 0 Å². The van der Waals surface area contributed by atoms with Crippen molar-refractivity contribution in [2.24, 2.45) is 0 Å². The topological polar surface area (TPSA) is 82.9 Å². The minimum Gasteiger partial charge on any atom is -0.477 e. The van der Waals surface area contributed by atoms with Crippen molar-refractivity contribution in [3.8, 4) is 0 Å². The summed E-state index contributed by atoms with van der Waals surface area (Å²) in [4.78, 5) is 40.1. The molecule has 1 N–H and O–H groups in total. The van der Waals surface area contributed by atoms with E-state index < -0.39 is 11.5 Å². The van der Waals surface area contributed by atoms with E-state index in [1.54, 1.807) is 19.2 Å². The summed E-state index contributed by atoms with van der Waals surface area (Å²) in [6, 6.07) is 1.72. The van der Waals surface area contributed by atoms with Gasteiger partial charge in [0.1, 0.15) is 5.56 Å². The standard InChI is InChI=1S/C18H25N3O4/c1-13-5-12-21(16(22)15(13)17(23)24)14-6-10-20(11-7-14)18(25)19-8-3-2-4-9-19/h5,12,14H,2-4,6-11H2,1H3,(H,23,24). The highest BCUT2D eigenvalue weighted by Crippen LogP contribution is 2.23. The summed E-state index contributed by atoms with van der Waals surface area (Å²) in [7, 11) is 0. The largest absolute Gasteiger partial charge is 0.477 e. The van der Waals surface area contributed by atoms with Crippen LogP contribution in [-0.4, -0.2) is 57.7 Å². The lowest BCUT2D eigenvalue weighted by molar-refractivity contribution is 0.0693. The predicted octanol–water partition coefficient (Wildman–Crippen LogP) is 2.10. The molecule has 0 aromatic carbocycles. The van der Waals surface area contributed by atoms with Crippen LogP contribution in [0.5, 0.6) is 0 Å². The molecule has 3 heterocycles. The second kappa shape index (κ2) is 7.29. The third-order valence-electron chi connectivity index (χ3n) is 5.30. The van der Waals surface area contributed by atoms with Gasteiger partial charge in [-0.05, 0) is 50.7 Å². The van der Waals surface area contributed by atoms with E-state index in [2.05, 4.69) is 0 Å². The lowest BCUT2D eigenvalue weighted by Gasteiger charge is -2.37. The van der Waals surface area contributed by atoms with E-state index in [-0.39, 0.29) is 17.6 Å². The van der Waals surface area contributed by atoms with E-state index in [0.717, 1.165) is 25.9 Å². The van der Waals surface area contributed by atoms with Crippen molar-refractivity contribution in [1.29, 1.82) is 0 Å². The number of nitrogens with zero attached hydrogens (tertiary/aromatic N) is 3. The first-order valence-corrected chi connectivity index (χ1v) is 8.98. The maximum atomic E-state index is 12.6. The number of urea groups is 1. The van der Waals surface area contributed by atoms with Crippen molar-refractivity contribution in [2.45, 2.75) is 45.1 Å². The summed E-state index contributed by atoms with van der Waals surface area (Å²) in [5.41, 5.74) is -0.130. The van der Waals surface area contributed by atoms with Crippen LogP contribution < -0.4 is 5.56 Å². The Morgan fingerprint density at radius 1 is 1.04 bits per heavy atom. The number of rotatable bonds is 2. The summed E-state index contributed by atoms with van der Waals surface area (Å²) in [5.74, 6) is -1.19. The number of piperidine rings is 2. The number of aromatic carboxylic acids is 1. The van der Waals surface area contributed by atoms with Crippen LogP contribution in [0.4, 0.5) is 4.79 Å². The molecule has 0 saturated carbocycles. The highest BCUT2D eigenvalue weighted by Gasteiger charge is 2.28. The Labute approximate surface area is 146 Å². The molecule has 0 spiro atoms. The van der Waals surface area contributed by atoms with Crippen LogP contribution in [0.3, 0.4) is 0 Å². The van der Waals surface area contributed by atoms with Crippen molar-refractivity contribution in [1.82, 2.24) is 14.4 Å². The molecule has 0 atom stereocenters. The predicted molar refractivity (Wildman–Crippen MR) is 93.1 cm³/mol. The van der Waals surface area contributed by atoms with Gasteiger partial charge in [-0.1, -0.05) is 0 Å². The van der Waals surface area contributed by atoms with Crippen LogP contribution in [-0.2, 0) is 0 Å². The quantitative estimate of drug-likeness (QED) is 0.888. The van der Waals surface area contributed by atoms with Gasteiger partial charge < -0.3 is 19.5 Å². The molecule has 2 aliphatic heterocycles. The van der Waals surface area contributed by atoms with Gasteiger partial charge in [0.2, 0.25) is 0 Å². The van der Waals surface area contributed by atoms with Gasteiger partial charge in [0.05, 0.1) is 0 Å². The van der Waals surface area contributed by atoms with E-state index in [9.17, 15) is 19.5 Å². The fourth-order valence-electron chi connectivity index (χ4n) is 3.81. The Morgan fingerprint density at radius 2 is 1.64 bits per heavy atom. The third-order valence-corrected chi connectivity index (χ3v) is 5.30. The van der Waals surface area contributed by atoms with Crippen molar-refractivity contribution in [2.75, 3.05) is 26.2 Å². The highest BCUT2D eigenvalue weighted by atomic mass is 16.4. The number of carbonyl (C=O) groups is 2. The molecular formula is C18H25N3O4. The molecule has 1 aromatic rings. The van der Waals surface area contributed by atoms with Crippen LogP contribution in [0, 0.1) is 6.92 Å². The molecule has 0 aliphatic carbocycles. The molecule has 2 fully saturated rings. The fraction of sp³-hybridized carbons (Fsp3) is 0.611. The number of carboxylic acids is 1. The van der Waals surface area contributed by atoms with Crippen molar-refractivity contribution >= 4 is 12.0 Å². The average Bonchev–Trinajstić information content (AvgIpc) is 2.62. The molecule has 2 saturated heterocycles. The second-order valence-electron chi connectivity index (χ2n) is 6.94. The molecule has 0 unspecified atom stereocenters. The summed E-state index contributed by atoms with van der Waals surface area (Å²) in [5, 5.41) is 9.26. The van der Waals surface area contributed by atoms with Gasteiger partial charge in [0.15, 0.2) is 0 Å². The minimum atomic E-state index is -1.19. The lowest BCUT2D eigenvalue weighted by atomic mass is 10.0. The van der Waals surface area contributed by atoms with Gasteiger partial charge in [-0.25, -0.2) is 9.59 Å². The van der Waals surface area contributed by atoms with Gasteiger partial charge in [-0.3, -0.25) is 4.79 Å². The number of likely N-dealkylation sites (tertiary alicyclic amines) is 2. The summed E-state index contributed by atoms with van der Waals surface area (Å²) in [6.45, 7) is 4.50.